The number of nitrogens with one attached hydrogen (secondary N) is 1. The van der Waals surface area contributed by atoms with Gasteiger partial charge in [-0.25, -0.2) is 0 Å². The quantitative estimate of drug-likeness (QED) is 0.260. The summed E-state index contributed by atoms with van der Waals surface area (Å²) in [5, 5.41) is 2.12. The number of amides is 2. The molecule has 2 aromatic carbocycles. The lowest BCUT2D eigenvalue weighted by atomic mass is 10.1. The molecule has 1 aliphatic rings. The van der Waals surface area contributed by atoms with Crippen LogP contribution in [0.1, 0.15) is 22.5 Å². The normalized spacial score (nSPS) is 15.8. The maximum atomic E-state index is 13.3. The first-order valence-electron chi connectivity index (χ1n) is 10.0. The number of thiocarbonyl (C=S) groups is 1. The largest absolute Gasteiger partial charge is 0.416 e. The lowest BCUT2D eigenvalue weighted by Gasteiger charge is -2.29. The first-order valence-corrected chi connectivity index (χ1v) is 11.2. The van der Waals surface area contributed by atoms with Crippen molar-refractivity contribution in [1.82, 2.24) is 9.88 Å². The van der Waals surface area contributed by atoms with Gasteiger partial charge in [-0.2, -0.15) is 13.2 Å². The number of hydrogen-bond acceptors (Lipinski definition) is 3. The zero-order valence-electron chi connectivity index (χ0n) is 17.9. The number of carbonyl (C=O) groups is 2. The molecule has 0 aliphatic carbocycles. The van der Waals surface area contributed by atoms with Gasteiger partial charge in [-0.3, -0.25) is 19.8 Å². The number of nitrogens with zero attached hydrogens (tertiary/aromatic N) is 2. The predicted octanol–water partition coefficient (Wildman–Crippen LogP) is 5.71. The fraction of sp³-hybridized carbons (Fsp3) is 0.125. The fourth-order valence-electron chi connectivity index (χ4n) is 3.81. The van der Waals surface area contributed by atoms with Crippen LogP contribution in [-0.2, 0) is 15.8 Å². The molecule has 0 spiro atoms. The fourth-order valence-corrected chi connectivity index (χ4v) is 4.55. The maximum absolute atomic E-state index is 13.3. The van der Waals surface area contributed by atoms with E-state index >= 15 is 0 Å². The number of aromatic nitrogens is 1. The smallest absolute Gasteiger partial charge is 0.317 e. The number of aryl methyl sites for hydroxylation is 1. The number of alkyl halides is 3. The molecule has 1 fully saturated rings. The molecule has 174 valence electrons. The first kappa shape index (κ1) is 23.9. The van der Waals surface area contributed by atoms with Gasteiger partial charge in [0.2, 0.25) is 0 Å². The summed E-state index contributed by atoms with van der Waals surface area (Å²) < 4.78 is 42.4. The molecule has 5 nitrogen and oxygen atoms in total. The molecule has 1 N–H and O–H groups in total. The second-order valence-corrected chi connectivity index (χ2v) is 8.86. The van der Waals surface area contributed by atoms with Crippen molar-refractivity contribution >= 4 is 56.8 Å². The SMILES string of the molecule is Cc1cc(/C=C2\C(=O)NC(=S)N(c3cccc(C(F)(F)F)c3)C2=O)c(C)n1-c1ccccc1Br. The van der Waals surface area contributed by atoms with Crippen molar-refractivity contribution in [3.05, 3.63) is 87.2 Å². The second kappa shape index (κ2) is 8.84. The standard InChI is InChI=1S/C24H17BrF3N3O2S/c1-13-10-15(14(2)30(13)20-9-4-3-8-19(20)25)11-18-21(32)29-23(34)31(22(18)33)17-7-5-6-16(12-17)24(26,27)28/h3-12H,1-2H3,(H,29,32,34)/b18-11+. The minimum absolute atomic E-state index is 0.0885. The minimum Gasteiger partial charge on any atom is -0.317 e. The van der Waals surface area contributed by atoms with E-state index < -0.39 is 23.6 Å². The van der Waals surface area contributed by atoms with E-state index in [9.17, 15) is 22.8 Å². The average Bonchev–Trinajstić information content (AvgIpc) is 3.04. The maximum Gasteiger partial charge on any atom is 0.416 e. The molecule has 2 heterocycles. The third-order valence-electron chi connectivity index (χ3n) is 5.40. The zero-order valence-corrected chi connectivity index (χ0v) is 20.3. The van der Waals surface area contributed by atoms with E-state index in [4.69, 9.17) is 12.2 Å². The van der Waals surface area contributed by atoms with E-state index in [1.807, 2.05) is 48.7 Å². The van der Waals surface area contributed by atoms with Crippen molar-refractivity contribution in [2.24, 2.45) is 0 Å². The van der Waals surface area contributed by atoms with E-state index in [1.54, 1.807) is 0 Å². The molecule has 0 atom stereocenters. The highest BCUT2D eigenvalue weighted by Crippen LogP contribution is 2.33. The van der Waals surface area contributed by atoms with Gasteiger partial charge < -0.3 is 4.57 Å². The second-order valence-electron chi connectivity index (χ2n) is 7.62. The van der Waals surface area contributed by atoms with Crippen molar-refractivity contribution in [2.45, 2.75) is 20.0 Å². The molecule has 1 aromatic heterocycles. The lowest BCUT2D eigenvalue weighted by molar-refractivity contribution is -0.137. The van der Waals surface area contributed by atoms with Crippen LogP contribution in [0.4, 0.5) is 18.9 Å². The summed E-state index contributed by atoms with van der Waals surface area (Å²) in [6.45, 7) is 3.74. The zero-order chi connectivity index (χ0) is 24.8. The van der Waals surface area contributed by atoms with Crippen LogP contribution in [0, 0.1) is 13.8 Å². The van der Waals surface area contributed by atoms with Gasteiger partial charge in [0.15, 0.2) is 5.11 Å². The monoisotopic (exact) mass is 547 g/mol. The number of hydrogen-bond donors (Lipinski definition) is 1. The Morgan fingerprint density at radius 1 is 1.03 bits per heavy atom. The van der Waals surface area contributed by atoms with E-state index in [2.05, 4.69) is 21.2 Å². The molecule has 2 amide bonds. The Bertz CT molecular complexity index is 1380. The predicted molar refractivity (Wildman–Crippen MR) is 131 cm³/mol. The Kier molecular flexibility index (Phi) is 6.22. The van der Waals surface area contributed by atoms with Crippen LogP contribution in [0.2, 0.25) is 0 Å². The van der Waals surface area contributed by atoms with Crippen LogP contribution < -0.4 is 10.2 Å². The molecule has 34 heavy (non-hydrogen) atoms. The van der Waals surface area contributed by atoms with Crippen LogP contribution in [-0.4, -0.2) is 21.5 Å². The third kappa shape index (κ3) is 4.30. The van der Waals surface area contributed by atoms with Gasteiger partial charge in [-0.05, 0) is 90.0 Å². The molecule has 1 aliphatic heterocycles. The summed E-state index contributed by atoms with van der Waals surface area (Å²) >= 11 is 8.63. The number of anilines is 1. The Hall–Kier alpha value is -3.24. The summed E-state index contributed by atoms with van der Waals surface area (Å²) in [6.07, 6.45) is -3.17. The van der Waals surface area contributed by atoms with Gasteiger partial charge in [0.25, 0.3) is 11.8 Å². The van der Waals surface area contributed by atoms with Crippen LogP contribution in [0.3, 0.4) is 0 Å². The van der Waals surface area contributed by atoms with Crippen molar-refractivity contribution in [3.63, 3.8) is 0 Å². The lowest BCUT2D eigenvalue weighted by Crippen LogP contribution is -2.54. The molecule has 10 heteroatoms. The molecular formula is C24H17BrF3N3O2S. The highest BCUT2D eigenvalue weighted by molar-refractivity contribution is 9.10. The third-order valence-corrected chi connectivity index (χ3v) is 6.35. The van der Waals surface area contributed by atoms with Gasteiger partial charge in [-0.1, -0.05) is 18.2 Å². The van der Waals surface area contributed by atoms with E-state index in [1.165, 1.54) is 18.2 Å². The number of rotatable bonds is 3. The Morgan fingerprint density at radius 3 is 2.41 bits per heavy atom. The summed E-state index contributed by atoms with van der Waals surface area (Å²) in [5.74, 6) is -1.53. The van der Waals surface area contributed by atoms with Crippen molar-refractivity contribution in [3.8, 4) is 5.69 Å². The van der Waals surface area contributed by atoms with Gasteiger partial charge in [-0.15, -0.1) is 0 Å². The van der Waals surface area contributed by atoms with Gasteiger partial charge in [0, 0.05) is 15.9 Å². The van der Waals surface area contributed by atoms with Gasteiger partial charge >= 0.3 is 6.18 Å². The molecule has 0 unspecified atom stereocenters. The number of carbonyl (C=O) groups excluding carboxylic acids is 2. The summed E-state index contributed by atoms with van der Waals surface area (Å²) in [5.41, 5.74) is 1.88. The number of benzene rings is 2. The van der Waals surface area contributed by atoms with E-state index in [0.29, 0.717) is 5.56 Å². The van der Waals surface area contributed by atoms with Crippen LogP contribution in [0.5, 0.6) is 0 Å². The average molecular weight is 548 g/mol. The molecule has 3 aromatic rings. The van der Waals surface area contributed by atoms with E-state index in [0.717, 1.165) is 38.6 Å². The van der Waals surface area contributed by atoms with Crippen LogP contribution in [0.15, 0.2) is 64.6 Å². The molecule has 0 saturated carbocycles. The number of para-hydroxylation sites is 1. The van der Waals surface area contributed by atoms with Gasteiger partial charge in [0.1, 0.15) is 5.57 Å². The molecule has 1 saturated heterocycles. The molecule has 0 radical (unpaired) electrons. The number of halogens is 4. The molecule has 0 bridgehead atoms. The van der Waals surface area contributed by atoms with Crippen molar-refractivity contribution < 1.29 is 22.8 Å². The van der Waals surface area contributed by atoms with Crippen molar-refractivity contribution in [1.29, 1.82) is 0 Å². The molecular weight excluding hydrogens is 531 g/mol. The highest BCUT2D eigenvalue weighted by Gasteiger charge is 2.37. The van der Waals surface area contributed by atoms with Crippen LogP contribution >= 0.6 is 28.1 Å². The summed E-state index contributed by atoms with van der Waals surface area (Å²) in [6, 6.07) is 13.6. The van der Waals surface area contributed by atoms with E-state index in [-0.39, 0.29) is 16.4 Å². The van der Waals surface area contributed by atoms with Crippen LogP contribution in [0.25, 0.3) is 11.8 Å². The first-order chi connectivity index (χ1) is 16.0. The minimum atomic E-state index is -4.60. The Morgan fingerprint density at radius 2 is 1.74 bits per heavy atom. The summed E-state index contributed by atoms with van der Waals surface area (Å²) in [4.78, 5) is 26.8. The topological polar surface area (TPSA) is 54.3 Å². The highest BCUT2D eigenvalue weighted by atomic mass is 79.9. The van der Waals surface area contributed by atoms with Crippen molar-refractivity contribution in [2.75, 3.05) is 4.90 Å². The molecule has 4 rings (SSSR count). The Labute approximate surface area is 207 Å². The Balaban J connectivity index is 1.77. The summed E-state index contributed by atoms with van der Waals surface area (Å²) in [7, 11) is 0. The van der Waals surface area contributed by atoms with Gasteiger partial charge in [0.05, 0.1) is 16.9 Å².